The van der Waals surface area contributed by atoms with Crippen LogP contribution in [0.2, 0.25) is 0 Å². The van der Waals surface area contributed by atoms with Gasteiger partial charge in [0.2, 0.25) is 0 Å². The van der Waals surface area contributed by atoms with Crippen LogP contribution in [0, 0.1) is 5.41 Å². The van der Waals surface area contributed by atoms with Gasteiger partial charge in [-0.2, -0.15) is 0 Å². The molecule has 6 nitrogen and oxygen atoms in total. The zero-order valence-corrected chi connectivity index (χ0v) is 9.14. The molecule has 6 heteroatoms. The molecule has 0 radical (unpaired) electrons. The van der Waals surface area contributed by atoms with Crippen LogP contribution >= 0.6 is 0 Å². The standard InChI is InChI=1S/C10H15NO5/c1-3-4-16-9(14)11-5-10(6-11,7-15-2)8(12)13/h3H,1,4-7H2,2H3,(H,12,13). The van der Waals surface area contributed by atoms with Crippen molar-refractivity contribution in [3.05, 3.63) is 12.7 Å². The molecule has 1 N–H and O–H groups in total. The van der Waals surface area contributed by atoms with Crippen molar-refractivity contribution in [3.8, 4) is 0 Å². The summed E-state index contributed by atoms with van der Waals surface area (Å²) in [5.74, 6) is -0.956. The Kier molecular flexibility index (Phi) is 3.89. The third-order valence-corrected chi connectivity index (χ3v) is 2.44. The number of hydrogen-bond donors (Lipinski definition) is 1. The first-order chi connectivity index (χ1) is 7.55. The monoisotopic (exact) mass is 229 g/mol. The maximum Gasteiger partial charge on any atom is 0.410 e. The number of rotatable bonds is 5. The number of hydrogen-bond acceptors (Lipinski definition) is 4. The lowest BCUT2D eigenvalue weighted by molar-refractivity contribution is -0.164. The first-order valence-corrected chi connectivity index (χ1v) is 4.80. The van der Waals surface area contributed by atoms with E-state index in [0.29, 0.717) is 0 Å². The Bertz CT molecular complexity index is 296. The molecule has 90 valence electrons. The molecule has 0 saturated carbocycles. The van der Waals surface area contributed by atoms with Crippen LogP contribution < -0.4 is 0 Å². The number of nitrogens with zero attached hydrogens (tertiary/aromatic N) is 1. The number of methoxy groups -OCH3 is 1. The van der Waals surface area contributed by atoms with Crippen LogP contribution in [0.3, 0.4) is 0 Å². The summed E-state index contributed by atoms with van der Waals surface area (Å²) >= 11 is 0. The van der Waals surface area contributed by atoms with Crippen LogP contribution in [0.1, 0.15) is 0 Å². The molecule has 0 aromatic rings. The molecule has 1 aliphatic rings. The Morgan fingerprint density at radius 3 is 2.62 bits per heavy atom. The maximum absolute atomic E-state index is 11.3. The van der Waals surface area contributed by atoms with Gasteiger partial charge < -0.3 is 19.5 Å². The molecule has 16 heavy (non-hydrogen) atoms. The van der Waals surface area contributed by atoms with E-state index in [1.54, 1.807) is 0 Å². The molecule has 0 aromatic heterocycles. The van der Waals surface area contributed by atoms with Gasteiger partial charge in [0.05, 0.1) is 6.61 Å². The van der Waals surface area contributed by atoms with Gasteiger partial charge in [0, 0.05) is 20.2 Å². The first-order valence-electron chi connectivity index (χ1n) is 4.80. The Morgan fingerprint density at radius 2 is 2.19 bits per heavy atom. The summed E-state index contributed by atoms with van der Waals surface area (Å²) < 4.78 is 9.63. The Hall–Kier alpha value is -1.56. The fourth-order valence-corrected chi connectivity index (χ4v) is 1.60. The van der Waals surface area contributed by atoms with Crippen LogP contribution in [-0.2, 0) is 14.3 Å². The molecule has 1 amide bonds. The van der Waals surface area contributed by atoms with Gasteiger partial charge >= 0.3 is 12.1 Å². The van der Waals surface area contributed by atoms with Crippen molar-refractivity contribution in [1.82, 2.24) is 4.90 Å². The Morgan fingerprint density at radius 1 is 1.56 bits per heavy atom. The van der Waals surface area contributed by atoms with E-state index in [1.807, 2.05) is 0 Å². The molecular formula is C10H15NO5. The molecule has 1 fully saturated rings. The van der Waals surface area contributed by atoms with Gasteiger partial charge in [-0.3, -0.25) is 4.79 Å². The Balaban J connectivity index is 2.47. The predicted molar refractivity (Wildman–Crippen MR) is 55.1 cm³/mol. The molecule has 1 saturated heterocycles. The molecule has 0 bridgehead atoms. The van der Waals surface area contributed by atoms with Crippen LogP contribution in [0.5, 0.6) is 0 Å². The van der Waals surface area contributed by atoms with Crippen molar-refractivity contribution < 1.29 is 24.2 Å². The number of carbonyl (C=O) groups is 2. The maximum atomic E-state index is 11.3. The molecular weight excluding hydrogens is 214 g/mol. The van der Waals surface area contributed by atoms with E-state index in [4.69, 9.17) is 14.6 Å². The van der Waals surface area contributed by atoms with Crippen LogP contribution in [0.4, 0.5) is 4.79 Å². The van der Waals surface area contributed by atoms with E-state index in [9.17, 15) is 9.59 Å². The van der Waals surface area contributed by atoms with Crippen molar-refractivity contribution in [2.75, 3.05) is 33.4 Å². The van der Waals surface area contributed by atoms with Gasteiger partial charge in [0.15, 0.2) is 0 Å². The lowest BCUT2D eigenvalue weighted by Gasteiger charge is -2.45. The quantitative estimate of drug-likeness (QED) is 0.688. The van der Waals surface area contributed by atoms with Crippen LogP contribution in [-0.4, -0.2) is 55.5 Å². The lowest BCUT2D eigenvalue weighted by Crippen LogP contribution is -2.64. The second-order valence-corrected chi connectivity index (χ2v) is 3.74. The minimum atomic E-state index is -0.984. The number of carboxylic acids is 1. The highest BCUT2D eigenvalue weighted by atomic mass is 16.6. The average Bonchev–Trinajstić information content (AvgIpc) is 2.18. The van der Waals surface area contributed by atoms with Crippen LogP contribution in [0.25, 0.3) is 0 Å². The molecule has 1 aliphatic heterocycles. The molecule has 0 aliphatic carbocycles. The van der Waals surface area contributed by atoms with Crippen molar-refractivity contribution in [2.24, 2.45) is 5.41 Å². The van der Waals surface area contributed by atoms with Gasteiger partial charge in [-0.05, 0) is 0 Å². The third kappa shape index (κ3) is 2.33. The number of carbonyl (C=O) groups excluding carboxylic acids is 1. The second kappa shape index (κ2) is 4.98. The second-order valence-electron chi connectivity index (χ2n) is 3.74. The third-order valence-electron chi connectivity index (χ3n) is 2.44. The zero-order chi connectivity index (χ0) is 12.2. The predicted octanol–water partition coefficient (Wildman–Crippen LogP) is 0.342. The summed E-state index contributed by atoms with van der Waals surface area (Å²) in [5, 5.41) is 9.02. The smallest absolute Gasteiger partial charge is 0.410 e. The number of ether oxygens (including phenoxy) is 2. The topological polar surface area (TPSA) is 76.1 Å². The lowest BCUT2D eigenvalue weighted by atomic mass is 9.81. The normalized spacial score (nSPS) is 17.4. The van der Waals surface area contributed by atoms with E-state index in [-0.39, 0.29) is 26.3 Å². The number of aliphatic carboxylic acids is 1. The van der Waals surface area contributed by atoms with E-state index in [1.165, 1.54) is 18.1 Å². The molecule has 1 rings (SSSR count). The zero-order valence-electron chi connectivity index (χ0n) is 9.14. The minimum absolute atomic E-state index is 0.0908. The van der Waals surface area contributed by atoms with E-state index in [2.05, 4.69) is 6.58 Å². The highest BCUT2D eigenvalue weighted by Gasteiger charge is 2.52. The Labute approximate surface area is 93.4 Å². The molecule has 0 spiro atoms. The van der Waals surface area contributed by atoms with Crippen molar-refractivity contribution in [1.29, 1.82) is 0 Å². The number of amides is 1. The summed E-state index contributed by atoms with van der Waals surface area (Å²) in [7, 11) is 1.43. The van der Waals surface area contributed by atoms with Crippen LogP contribution in [0.15, 0.2) is 12.7 Å². The summed E-state index contributed by atoms with van der Waals surface area (Å²) in [6.07, 6.45) is 0.935. The van der Waals surface area contributed by atoms with Gasteiger partial charge in [-0.1, -0.05) is 12.7 Å². The summed E-state index contributed by atoms with van der Waals surface area (Å²) in [6.45, 7) is 3.86. The first kappa shape index (κ1) is 12.5. The van der Waals surface area contributed by atoms with E-state index in [0.717, 1.165) is 0 Å². The van der Waals surface area contributed by atoms with Gasteiger partial charge in [0.25, 0.3) is 0 Å². The van der Waals surface area contributed by atoms with E-state index < -0.39 is 17.5 Å². The number of likely N-dealkylation sites (tertiary alicyclic amines) is 1. The fraction of sp³-hybridized carbons (Fsp3) is 0.600. The van der Waals surface area contributed by atoms with Gasteiger partial charge in [-0.25, -0.2) is 4.79 Å². The van der Waals surface area contributed by atoms with Crippen molar-refractivity contribution in [3.63, 3.8) is 0 Å². The minimum Gasteiger partial charge on any atom is -0.481 e. The largest absolute Gasteiger partial charge is 0.481 e. The average molecular weight is 229 g/mol. The summed E-state index contributed by atoms with van der Waals surface area (Å²) in [6, 6.07) is 0. The van der Waals surface area contributed by atoms with Gasteiger partial charge in [0.1, 0.15) is 12.0 Å². The molecule has 0 aromatic carbocycles. The highest BCUT2D eigenvalue weighted by molar-refractivity contribution is 5.80. The molecule has 1 heterocycles. The van der Waals surface area contributed by atoms with E-state index >= 15 is 0 Å². The van der Waals surface area contributed by atoms with Gasteiger partial charge in [-0.15, -0.1) is 0 Å². The fourth-order valence-electron chi connectivity index (χ4n) is 1.60. The van der Waals surface area contributed by atoms with Crippen molar-refractivity contribution in [2.45, 2.75) is 0 Å². The SMILES string of the molecule is C=CCOC(=O)N1CC(COC)(C(=O)O)C1. The summed E-state index contributed by atoms with van der Waals surface area (Å²) in [5.41, 5.74) is -0.984. The highest BCUT2D eigenvalue weighted by Crippen LogP contribution is 2.31. The molecule has 0 atom stereocenters. The molecule has 0 unspecified atom stereocenters. The summed E-state index contributed by atoms with van der Waals surface area (Å²) in [4.78, 5) is 23.7. The number of carboxylic acid groups (broad SMARTS) is 1. The van der Waals surface area contributed by atoms with Crippen molar-refractivity contribution >= 4 is 12.1 Å².